The summed E-state index contributed by atoms with van der Waals surface area (Å²) < 4.78 is 11.4. The first-order valence-corrected chi connectivity index (χ1v) is 10.3. The molecule has 0 bridgehead atoms. The van der Waals surface area contributed by atoms with Gasteiger partial charge in [-0.3, -0.25) is 5.43 Å². The summed E-state index contributed by atoms with van der Waals surface area (Å²) >= 11 is 7.32. The predicted molar refractivity (Wildman–Crippen MR) is 131 cm³/mol. The number of nitrogens with one attached hydrogen (secondary N) is 2. The van der Waals surface area contributed by atoms with E-state index in [1.807, 2.05) is 36.4 Å². The Balaban J connectivity index is 1.51. The van der Waals surface area contributed by atoms with Crippen molar-refractivity contribution < 1.29 is 14.3 Å². The molecule has 2 N–H and O–H groups in total. The number of benzene rings is 3. The van der Waals surface area contributed by atoms with Gasteiger partial charge in [0.25, 0.3) is 0 Å². The van der Waals surface area contributed by atoms with Gasteiger partial charge in [-0.25, -0.2) is 4.79 Å². The van der Waals surface area contributed by atoms with E-state index >= 15 is 0 Å². The standard InChI is InChI=1S/C22H18IN3O3S/c1-28-17-12-8-16(9-13-17)25-22(30)26-24-14-15-6-10-18(11-7-15)29-21(27)19-4-2-3-5-20(19)23/h2-14H,1H3,(H2,25,26,30)/b24-14-. The highest BCUT2D eigenvalue weighted by atomic mass is 127. The minimum atomic E-state index is -0.391. The molecule has 3 aromatic carbocycles. The molecule has 0 saturated heterocycles. The number of thiocarbonyl (C=S) groups is 1. The third-order valence-electron chi connectivity index (χ3n) is 3.91. The van der Waals surface area contributed by atoms with Crippen molar-refractivity contribution in [2.75, 3.05) is 12.4 Å². The number of anilines is 1. The molecule has 0 aliphatic rings. The number of nitrogens with zero attached hydrogens (tertiary/aromatic N) is 1. The first-order chi connectivity index (χ1) is 14.5. The lowest BCUT2D eigenvalue weighted by Gasteiger charge is -2.08. The molecule has 0 aliphatic carbocycles. The van der Waals surface area contributed by atoms with Crippen LogP contribution in [0.2, 0.25) is 0 Å². The van der Waals surface area contributed by atoms with Gasteiger partial charge in [0.1, 0.15) is 11.5 Å². The molecular weight excluding hydrogens is 513 g/mol. The van der Waals surface area contributed by atoms with Gasteiger partial charge in [-0.05, 0) is 101 Å². The number of rotatable bonds is 6. The summed E-state index contributed by atoms with van der Waals surface area (Å²) in [4.78, 5) is 12.3. The highest BCUT2D eigenvalue weighted by Gasteiger charge is 2.11. The first-order valence-electron chi connectivity index (χ1n) is 8.86. The molecule has 6 nitrogen and oxygen atoms in total. The van der Waals surface area contributed by atoms with E-state index in [4.69, 9.17) is 21.7 Å². The number of carbonyl (C=O) groups excluding carboxylic acids is 1. The van der Waals surface area contributed by atoms with Crippen molar-refractivity contribution in [1.82, 2.24) is 5.43 Å². The topological polar surface area (TPSA) is 71.9 Å². The van der Waals surface area contributed by atoms with E-state index in [0.717, 1.165) is 20.6 Å². The first kappa shape index (κ1) is 21.7. The smallest absolute Gasteiger partial charge is 0.344 e. The van der Waals surface area contributed by atoms with E-state index < -0.39 is 5.97 Å². The zero-order chi connectivity index (χ0) is 21.3. The maximum Gasteiger partial charge on any atom is 0.344 e. The lowest BCUT2D eigenvalue weighted by molar-refractivity contribution is 0.0733. The molecule has 0 fully saturated rings. The van der Waals surface area contributed by atoms with Crippen LogP contribution in [0.25, 0.3) is 0 Å². The van der Waals surface area contributed by atoms with Gasteiger partial charge in [-0.1, -0.05) is 12.1 Å². The second-order valence-corrected chi connectivity index (χ2v) is 7.56. The Morgan fingerprint density at radius 1 is 1.00 bits per heavy atom. The summed E-state index contributed by atoms with van der Waals surface area (Å²) in [6, 6.07) is 21.7. The number of methoxy groups -OCH3 is 1. The zero-order valence-corrected chi connectivity index (χ0v) is 18.9. The van der Waals surface area contributed by atoms with Crippen LogP contribution in [0, 0.1) is 3.57 Å². The Morgan fingerprint density at radius 2 is 1.67 bits per heavy atom. The van der Waals surface area contributed by atoms with Crippen LogP contribution >= 0.6 is 34.8 Å². The molecule has 0 aliphatic heterocycles. The third kappa shape index (κ3) is 6.26. The Morgan fingerprint density at radius 3 is 2.33 bits per heavy atom. The maximum atomic E-state index is 12.3. The normalized spacial score (nSPS) is 10.5. The van der Waals surface area contributed by atoms with Gasteiger partial charge in [0.2, 0.25) is 0 Å². The quantitative estimate of drug-likeness (QED) is 0.119. The number of hydrogen-bond acceptors (Lipinski definition) is 5. The molecule has 0 spiro atoms. The molecule has 152 valence electrons. The number of esters is 1. The van der Waals surface area contributed by atoms with E-state index in [-0.39, 0.29) is 0 Å². The molecule has 0 heterocycles. The fourth-order valence-electron chi connectivity index (χ4n) is 2.41. The summed E-state index contributed by atoms with van der Waals surface area (Å²) in [6.45, 7) is 0. The zero-order valence-electron chi connectivity index (χ0n) is 16.0. The second-order valence-electron chi connectivity index (χ2n) is 5.99. The van der Waals surface area contributed by atoms with Crippen molar-refractivity contribution in [3.63, 3.8) is 0 Å². The van der Waals surface area contributed by atoms with Gasteiger partial charge in [0.15, 0.2) is 5.11 Å². The van der Waals surface area contributed by atoms with Gasteiger partial charge in [-0.15, -0.1) is 0 Å². The van der Waals surface area contributed by atoms with E-state index in [9.17, 15) is 4.79 Å². The molecule has 3 rings (SSSR count). The van der Waals surface area contributed by atoms with Crippen molar-refractivity contribution in [3.05, 3.63) is 87.5 Å². The summed E-state index contributed by atoms with van der Waals surface area (Å²) in [5, 5.41) is 7.49. The molecule has 0 atom stereocenters. The van der Waals surface area contributed by atoms with Crippen LogP contribution in [0.15, 0.2) is 77.9 Å². The molecule has 3 aromatic rings. The molecule has 0 radical (unpaired) electrons. The van der Waals surface area contributed by atoms with Crippen LogP contribution in [-0.2, 0) is 0 Å². The van der Waals surface area contributed by atoms with Crippen LogP contribution in [0.4, 0.5) is 5.69 Å². The average Bonchev–Trinajstić information content (AvgIpc) is 2.76. The SMILES string of the molecule is COc1ccc(NC(=S)N/N=C\c2ccc(OC(=O)c3ccccc3I)cc2)cc1. The highest BCUT2D eigenvalue weighted by molar-refractivity contribution is 14.1. The number of halogens is 1. The molecule has 30 heavy (non-hydrogen) atoms. The molecule has 0 aromatic heterocycles. The summed E-state index contributed by atoms with van der Waals surface area (Å²) in [7, 11) is 1.61. The van der Waals surface area contributed by atoms with Crippen LogP contribution < -0.4 is 20.2 Å². The number of hydrazone groups is 1. The minimum Gasteiger partial charge on any atom is -0.497 e. The maximum absolute atomic E-state index is 12.3. The lowest BCUT2D eigenvalue weighted by Crippen LogP contribution is -2.23. The summed E-state index contributed by atoms with van der Waals surface area (Å²) in [6.07, 6.45) is 1.62. The van der Waals surface area contributed by atoms with E-state index in [1.54, 1.807) is 49.7 Å². The lowest BCUT2D eigenvalue weighted by atomic mass is 10.2. The van der Waals surface area contributed by atoms with Crippen LogP contribution in [0.5, 0.6) is 11.5 Å². The van der Waals surface area contributed by atoms with Gasteiger partial charge in [0.05, 0.1) is 18.9 Å². The fraction of sp³-hybridized carbons (Fsp3) is 0.0455. The molecule has 0 saturated carbocycles. The van der Waals surface area contributed by atoms with Crippen molar-refractivity contribution in [1.29, 1.82) is 0 Å². The van der Waals surface area contributed by atoms with Crippen molar-refractivity contribution in [3.8, 4) is 11.5 Å². The Bertz CT molecular complexity index is 1050. The predicted octanol–water partition coefficient (Wildman–Crippen LogP) is 4.84. The van der Waals surface area contributed by atoms with Gasteiger partial charge >= 0.3 is 5.97 Å². The molecular formula is C22H18IN3O3S. The average molecular weight is 531 g/mol. The van der Waals surface area contributed by atoms with Crippen LogP contribution in [-0.4, -0.2) is 24.4 Å². The Labute approximate surface area is 193 Å². The number of carbonyl (C=O) groups is 1. The monoisotopic (exact) mass is 531 g/mol. The van der Waals surface area contributed by atoms with Gasteiger partial charge in [0, 0.05) is 9.26 Å². The van der Waals surface area contributed by atoms with Crippen molar-refractivity contribution >= 4 is 57.8 Å². The molecule has 0 unspecified atom stereocenters. The van der Waals surface area contributed by atoms with E-state index in [0.29, 0.717) is 16.4 Å². The van der Waals surface area contributed by atoms with E-state index in [1.165, 1.54) is 0 Å². The third-order valence-corrected chi connectivity index (χ3v) is 5.05. The minimum absolute atomic E-state index is 0.361. The van der Waals surface area contributed by atoms with Crippen LogP contribution in [0.3, 0.4) is 0 Å². The Hall–Kier alpha value is -2.98. The fourth-order valence-corrected chi connectivity index (χ4v) is 3.19. The van der Waals surface area contributed by atoms with Crippen molar-refractivity contribution in [2.24, 2.45) is 5.10 Å². The molecule has 0 amide bonds. The Kier molecular flexibility index (Phi) is 7.75. The number of hydrogen-bond donors (Lipinski definition) is 2. The van der Waals surface area contributed by atoms with Crippen LogP contribution in [0.1, 0.15) is 15.9 Å². The summed E-state index contributed by atoms with van der Waals surface area (Å²) in [5.74, 6) is 0.838. The van der Waals surface area contributed by atoms with E-state index in [2.05, 4.69) is 38.4 Å². The molecule has 8 heteroatoms. The number of ether oxygens (including phenoxy) is 2. The van der Waals surface area contributed by atoms with Crippen molar-refractivity contribution in [2.45, 2.75) is 0 Å². The summed E-state index contributed by atoms with van der Waals surface area (Å²) in [5.41, 5.74) is 4.93. The highest BCUT2D eigenvalue weighted by Crippen LogP contribution is 2.17. The largest absolute Gasteiger partial charge is 0.497 e. The van der Waals surface area contributed by atoms with Gasteiger partial charge < -0.3 is 14.8 Å². The van der Waals surface area contributed by atoms with Gasteiger partial charge in [-0.2, -0.15) is 5.10 Å². The second kappa shape index (κ2) is 10.7.